The summed E-state index contributed by atoms with van der Waals surface area (Å²) in [4.78, 5) is 3.97. The van der Waals surface area contributed by atoms with E-state index in [1.165, 1.54) is 24.3 Å². The van der Waals surface area contributed by atoms with Gasteiger partial charge in [-0.25, -0.2) is 0 Å². The minimum absolute atomic E-state index is 0.0333. The summed E-state index contributed by atoms with van der Waals surface area (Å²) in [6, 6.07) is 9.34. The van der Waals surface area contributed by atoms with E-state index in [2.05, 4.69) is 4.98 Å². The largest absolute Gasteiger partial charge is 0.416 e. The first kappa shape index (κ1) is 14.7. The summed E-state index contributed by atoms with van der Waals surface area (Å²) in [6.45, 7) is 0. The lowest BCUT2D eigenvalue weighted by Gasteiger charge is -2.11. The van der Waals surface area contributed by atoms with E-state index >= 15 is 0 Å². The van der Waals surface area contributed by atoms with Crippen molar-refractivity contribution in [2.24, 2.45) is 0 Å². The van der Waals surface area contributed by atoms with Gasteiger partial charge in [-0.1, -0.05) is 24.3 Å². The highest BCUT2D eigenvalue weighted by atomic mass is 19.4. The Morgan fingerprint density at radius 1 is 0.920 bits per heavy atom. The summed E-state index contributed by atoms with van der Waals surface area (Å²) >= 11 is 0. The number of nitrogens with zero attached hydrogens (tertiary/aromatic N) is 1. The number of rotatable bonds is 2. The molecule has 0 aliphatic heterocycles. The van der Waals surface area contributed by atoms with Crippen molar-refractivity contribution in [3.05, 3.63) is 65.9 Å². The van der Waals surface area contributed by atoms with Crippen LogP contribution in [0.25, 0.3) is 22.0 Å². The molecule has 2 aromatic carbocycles. The molecule has 0 radical (unpaired) electrons. The molecule has 0 N–H and O–H groups in total. The van der Waals surface area contributed by atoms with Crippen LogP contribution in [0.1, 0.15) is 13.9 Å². The zero-order valence-electron chi connectivity index (χ0n) is 14.4. The number of fused-ring (bicyclic) bond motifs is 1. The number of alkyl halides is 6. The van der Waals surface area contributed by atoms with E-state index in [9.17, 15) is 26.3 Å². The predicted molar refractivity (Wildman–Crippen MR) is 81.9 cm³/mol. The smallest absolute Gasteiger partial charge is 0.256 e. The fourth-order valence-corrected chi connectivity index (χ4v) is 2.50. The number of halogens is 6. The molecular weight excluding hydrogens is 344 g/mol. The zero-order valence-corrected chi connectivity index (χ0v) is 12.4. The molecule has 0 aliphatic rings. The lowest BCUT2D eigenvalue weighted by atomic mass is 9.98. The van der Waals surface area contributed by atoms with Gasteiger partial charge in [0.05, 0.1) is 17.6 Å². The Hall–Kier alpha value is -2.57. The van der Waals surface area contributed by atoms with Gasteiger partial charge in [-0.2, -0.15) is 26.3 Å². The molecule has 0 fully saturated rings. The van der Waals surface area contributed by atoms with Gasteiger partial charge >= 0.3 is 12.4 Å². The van der Waals surface area contributed by atoms with Crippen LogP contribution < -0.4 is 0 Å². The van der Waals surface area contributed by atoms with Crippen LogP contribution in [-0.4, -0.2) is 11.2 Å². The first-order valence-corrected chi connectivity index (χ1v) is 7.05. The maximum atomic E-state index is 13.0. The molecule has 3 aromatic rings. The second-order valence-electron chi connectivity index (χ2n) is 5.29. The maximum Gasteiger partial charge on any atom is 0.416 e. The quantitative estimate of drug-likeness (QED) is 0.511. The van der Waals surface area contributed by atoms with Gasteiger partial charge in [-0.3, -0.25) is 4.98 Å². The van der Waals surface area contributed by atoms with Gasteiger partial charge < -0.3 is 0 Å². The molecule has 0 spiro atoms. The number of hydrogen-bond acceptors (Lipinski definition) is 1. The highest BCUT2D eigenvalue weighted by molar-refractivity contribution is 5.96. The Morgan fingerprint density at radius 3 is 2.36 bits per heavy atom. The minimum atomic E-state index is -5.12. The molecule has 7 heteroatoms. The molecule has 0 bridgehead atoms. The Kier molecular flexibility index (Phi) is 3.57. The van der Waals surface area contributed by atoms with E-state index in [4.69, 9.17) is 2.74 Å². The Bertz CT molecular complexity index is 995. The van der Waals surface area contributed by atoms with E-state index in [0.29, 0.717) is 10.9 Å². The molecule has 0 aliphatic carbocycles. The summed E-state index contributed by atoms with van der Waals surface area (Å²) < 4.78 is 92.2. The molecule has 1 aromatic heterocycles. The lowest BCUT2D eigenvalue weighted by molar-refractivity contribution is -0.137. The highest BCUT2D eigenvalue weighted by Gasteiger charge is 2.30. The van der Waals surface area contributed by atoms with Gasteiger partial charge in [0.15, 0.2) is 0 Å². The molecule has 3 rings (SSSR count). The van der Waals surface area contributed by atoms with Crippen molar-refractivity contribution in [3.63, 3.8) is 0 Å². The van der Waals surface area contributed by atoms with E-state index in [-0.39, 0.29) is 11.1 Å². The van der Waals surface area contributed by atoms with Crippen LogP contribution in [0.15, 0.2) is 54.7 Å². The molecule has 1 nitrogen and oxygen atoms in total. The molecule has 0 saturated heterocycles. The predicted octanol–water partition coefficient (Wildman–Crippen LogP) is 6.03. The van der Waals surface area contributed by atoms with Crippen molar-refractivity contribution in [1.29, 1.82) is 0 Å². The summed E-state index contributed by atoms with van der Waals surface area (Å²) in [5.74, 6) is 0. The highest BCUT2D eigenvalue weighted by Crippen LogP contribution is 2.34. The van der Waals surface area contributed by atoms with E-state index in [1.807, 2.05) is 0 Å². The number of aromatic nitrogens is 1. The molecular formula is C18H11F6N. The van der Waals surface area contributed by atoms with Crippen LogP contribution in [0, 0.1) is 0 Å². The third-order valence-electron chi connectivity index (χ3n) is 3.53. The molecule has 0 unspecified atom stereocenters. The SMILES string of the molecule is [2H]C([2H])(c1ccnc(-c2cccc3cc(C(F)(F)F)ccc23)c1)C(F)(F)F. The van der Waals surface area contributed by atoms with Crippen LogP contribution in [0.2, 0.25) is 0 Å². The Balaban J connectivity index is 2.15. The van der Waals surface area contributed by atoms with Crippen LogP contribution in [0.5, 0.6) is 0 Å². The Morgan fingerprint density at radius 2 is 1.68 bits per heavy atom. The van der Waals surface area contributed by atoms with Crippen molar-refractivity contribution in [2.45, 2.75) is 18.7 Å². The topological polar surface area (TPSA) is 12.9 Å². The number of benzene rings is 2. The average Bonchev–Trinajstić information content (AvgIpc) is 2.59. The van der Waals surface area contributed by atoms with Crippen LogP contribution in [0.4, 0.5) is 26.3 Å². The fraction of sp³-hybridized carbons (Fsp3) is 0.167. The molecule has 1 heterocycles. The van der Waals surface area contributed by atoms with Crippen molar-refractivity contribution < 1.29 is 29.1 Å². The van der Waals surface area contributed by atoms with Crippen molar-refractivity contribution in [1.82, 2.24) is 4.98 Å². The molecule has 0 atom stereocenters. The zero-order chi connectivity index (χ0) is 20.0. The first-order chi connectivity index (χ1) is 12.4. The van der Waals surface area contributed by atoms with Gasteiger partial charge in [-0.05, 0) is 40.6 Å². The number of hydrogen-bond donors (Lipinski definition) is 0. The molecule has 0 amide bonds. The van der Waals surface area contributed by atoms with Crippen LogP contribution in [0.3, 0.4) is 0 Å². The first-order valence-electron chi connectivity index (χ1n) is 8.05. The summed E-state index contributed by atoms with van der Waals surface area (Å²) in [5.41, 5.74) is -1.14. The van der Waals surface area contributed by atoms with Crippen molar-refractivity contribution in [3.8, 4) is 11.3 Å². The van der Waals surface area contributed by atoms with Gasteiger partial charge in [0.25, 0.3) is 0 Å². The number of pyridine rings is 1. The molecule has 25 heavy (non-hydrogen) atoms. The Labute approximate surface area is 141 Å². The van der Waals surface area contributed by atoms with Crippen molar-refractivity contribution >= 4 is 10.8 Å². The third kappa shape index (κ3) is 3.92. The maximum absolute atomic E-state index is 13.0. The average molecular weight is 357 g/mol. The van der Waals surface area contributed by atoms with E-state index in [1.54, 1.807) is 0 Å². The molecule has 0 saturated carbocycles. The third-order valence-corrected chi connectivity index (χ3v) is 3.53. The fourth-order valence-electron chi connectivity index (χ4n) is 2.50. The second kappa shape index (κ2) is 6.06. The summed E-state index contributed by atoms with van der Waals surface area (Å²) in [7, 11) is 0. The van der Waals surface area contributed by atoms with Gasteiger partial charge in [0.1, 0.15) is 0 Å². The summed E-state index contributed by atoms with van der Waals surface area (Å²) in [6.07, 6.45) is -12.2. The van der Waals surface area contributed by atoms with E-state index < -0.39 is 29.9 Å². The van der Waals surface area contributed by atoms with Crippen LogP contribution in [-0.2, 0) is 12.5 Å². The monoisotopic (exact) mass is 357 g/mol. The van der Waals surface area contributed by atoms with Crippen molar-refractivity contribution in [2.75, 3.05) is 0 Å². The molecule has 130 valence electrons. The lowest BCUT2D eigenvalue weighted by Crippen LogP contribution is -2.11. The van der Waals surface area contributed by atoms with Gasteiger partial charge in [-0.15, -0.1) is 0 Å². The minimum Gasteiger partial charge on any atom is -0.256 e. The second-order valence-corrected chi connectivity index (χ2v) is 5.29. The standard InChI is InChI=1S/C18H11F6N/c19-17(20,21)10-11-6-7-25-16(8-11)15-3-1-2-12-9-13(18(22,23)24)4-5-14(12)15/h1-9H,10H2/i10D2. The van der Waals surface area contributed by atoms with Gasteiger partial charge in [0.2, 0.25) is 0 Å². The normalized spacial score (nSPS) is 14.3. The summed E-state index contributed by atoms with van der Waals surface area (Å²) in [5, 5.41) is 0.607. The van der Waals surface area contributed by atoms with Crippen LogP contribution >= 0.6 is 0 Å². The van der Waals surface area contributed by atoms with Gasteiger partial charge in [0, 0.05) is 14.5 Å². The van der Waals surface area contributed by atoms with E-state index in [0.717, 1.165) is 30.5 Å².